The average molecular weight is 476 g/mol. The summed E-state index contributed by atoms with van der Waals surface area (Å²) in [5.41, 5.74) is 5.40. The van der Waals surface area contributed by atoms with Crippen molar-refractivity contribution in [1.29, 1.82) is 5.26 Å². The van der Waals surface area contributed by atoms with Crippen molar-refractivity contribution in [3.8, 4) is 29.1 Å². The first-order valence-electron chi connectivity index (χ1n) is 12.2. The van der Waals surface area contributed by atoms with Gasteiger partial charge in [-0.25, -0.2) is 0 Å². The zero-order valence-electron chi connectivity index (χ0n) is 21.9. The zero-order valence-corrected chi connectivity index (χ0v) is 21.9. The Morgan fingerprint density at radius 3 is 1.67 bits per heavy atom. The Kier molecular flexibility index (Phi) is 6.91. The van der Waals surface area contributed by atoms with Gasteiger partial charge < -0.3 is 9.47 Å². The summed E-state index contributed by atoms with van der Waals surface area (Å²) in [6.07, 6.45) is 0. The van der Waals surface area contributed by atoms with Crippen molar-refractivity contribution >= 4 is 0 Å². The molecule has 3 nitrogen and oxygen atoms in total. The Morgan fingerprint density at radius 2 is 1.14 bits per heavy atom. The number of aryl methyl sites for hydroxylation is 1. The van der Waals surface area contributed by atoms with Gasteiger partial charge in [-0.2, -0.15) is 5.26 Å². The van der Waals surface area contributed by atoms with Crippen LogP contribution in [-0.2, 0) is 10.8 Å². The molecule has 0 aliphatic carbocycles. The predicted molar refractivity (Wildman–Crippen MR) is 146 cm³/mol. The van der Waals surface area contributed by atoms with E-state index in [4.69, 9.17) is 14.7 Å². The van der Waals surface area contributed by atoms with Gasteiger partial charge in [-0.05, 0) is 89.2 Å². The third-order valence-corrected chi connectivity index (χ3v) is 6.60. The number of hydrogen-bond acceptors (Lipinski definition) is 3. The number of rotatable bonds is 6. The average Bonchev–Trinajstić information content (AvgIpc) is 2.84. The molecule has 0 N–H and O–H groups in total. The van der Waals surface area contributed by atoms with Crippen molar-refractivity contribution in [3.05, 3.63) is 119 Å². The maximum atomic E-state index is 9.10. The highest BCUT2D eigenvalue weighted by Gasteiger charge is 2.25. The Bertz CT molecular complexity index is 1390. The second-order valence-electron chi connectivity index (χ2n) is 10.7. The monoisotopic (exact) mass is 475 g/mol. The van der Waals surface area contributed by atoms with Crippen molar-refractivity contribution in [1.82, 2.24) is 0 Å². The highest BCUT2D eigenvalue weighted by atomic mass is 16.5. The number of benzene rings is 4. The molecule has 0 saturated heterocycles. The van der Waals surface area contributed by atoms with Crippen LogP contribution in [0, 0.1) is 18.3 Å². The first-order valence-corrected chi connectivity index (χ1v) is 12.2. The molecule has 0 bridgehead atoms. The lowest BCUT2D eigenvalue weighted by Gasteiger charge is -2.28. The van der Waals surface area contributed by atoms with Crippen LogP contribution in [0.25, 0.3) is 0 Å². The normalized spacial score (nSPS) is 11.6. The van der Waals surface area contributed by atoms with E-state index in [1.807, 2.05) is 42.5 Å². The Morgan fingerprint density at radius 1 is 0.611 bits per heavy atom. The molecular weight excluding hydrogens is 442 g/mol. The van der Waals surface area contributed by atoms with Crippen LogP contribution in [0.1, 0.15) is 62.4 Å². The van der Waals surface area contributed by atoms with Crippen molar-refractivity contribution in [2.24, 2.45) is 0 Å². The lowest BCUT2D eigenvalue weighted by atomic mass is 9.76. The summed E-state index contributed by atoms with van der Waals surface area (Å²) in [6, 6.07) is 32.1. The van der Waals surface area contributed by atoms with Gasteiger partial charge in [0.15, 0.2) is 0 Å². The van der Waals surface area contributed by atoms with E-state index in [1.54, 1.807) is 12.1 Å². The van der Waals surface area contributed by atoms with Gasteiger partial charge >= 0.3 is 0 Å². The van der Waals surface area contributed by atoms with Gasteiger partial charge in [0.1, 0.15) is 23.0 Å². The topological polar surface area (TPSA) is 42.2 Å². The largest absolute Gasteiger partial charge is 0.457 e. The number of nitrogens with zero attached hydrogens (tertiary/aromatic N) is 1. The van der Waals surface area contributed by atoms with Crippen LogP contribution in [0.2, 0.25) is 0 Å². The summed E-state index contributed by atoms with van der Waals surface area (Å²) in [7, 11) is 0. The first kappa shape index (κ1) is 25.1. The molecule has 0 atom stereocenters. The molecule has 0 amide bonds. The summed E-state index contributed by atoms with van der Waals surface area (Å²) in [4.78, 5) is 0. The van der Waals surface area contributed by atoms with Gasteiger partial charge in [-0.3, -0.25) is 0 Å². The molecule has 4 rings (SSSR count). The van der Waals surface area contributed by atoms with Crippen LogP contribution in [0.15, 0.2) is 91.0 Å². The van der Waals surface area contributed by atoms with Gasteiger partial charge in [-0.15, -0.1) is 0 Å². The maximum Gasteiger partial charge on any atom is 0.128 e. The minimum Gasteiger partial charge on any atom is -0.457 e. The highest BCUT2D eigenvalue weighted by Crippen LogP contribution is 2.37. The van der Waals surface area contributed by atoms with Crippen molar-refractivity contribution < 1.29 is 9.47 Å². The maximum absolute atomic E-state index is 9.10. The van der Waals surface area contributed by atoms with Crippen LogP contribution in [0.5, 0.6) is 23.0 Å². The molecule has 4 aromatic rings. The fraction of sp³-hybridized carbons (Fsp3) is 0.242. The number of nitriles is 1. The Hall–Kier alpha value is -4.03. The van der Waals surface area contributed by atoms with Gasteiger partial charge in [0.25, 0.3) is 0 Å². The first-order chi connectivity index (χ1) is 17.1. The van der Waals surface area contributed by atoms with E-state index >= 15 is 0 Å². The minimum atomic E-state index is -0.198. The van der Waals surface area contributed by atoms with Crippen LogP contribution >= 0.6 is 0 Å². The Labute approximate surface area is 215 Å². The lowest BCUT2D eigenvalue weighted by Crippen LogP contribution is -2.20. The molecule has 0 radical (unpaired) electrons. The molecule has 0 aliphatic heterocycles. The van der Waals surface area contributed by atoms with E-state index in [2.05, 4.69) is 84.0 Å². The molecular formula is C33H33NO2. The minimum absolute atomic E-state index is 0.120. The smallest absolute Gasteiger partial charge is 0.128 e. The van der Waals surface area contributed by atoms with E-state index in [0.29, 0.717) is 11.3 Å². The third-order valence-electron chi connectivity index (χ3n) is 6.60. The van der Waals surface area contributed by atoms with Crippen molar-refractivity contribution in [2.75, 3.05) is 0 Å². The molecule has 36 heavy (non-hydrogen) atoms. The molecule has 0 fully saturated rings. The van der Waals surface area contributed by atoms with E-state index < -0.39 is 0 Å². The molecule has 3 heteroatoms. The molecule has 0 heterocycles. The summed E-state index contributed by atoms with van der Waals surface area (Å²) in [5, 5.41) is 9.10. The zero-order chi connectivity index (χ0) is 25.9. The molecule has 182 valence electrons. The van der Waals surface area contributed by atoms with E-state index in [-0.39, 0.29) is 10.8 Å². The number of ether oxygens (including phenoxy) is 2. The predicted octanol–water partition coefficient (Wildman–Crippen LogP) is 9.07. The quantitative estimate of drug-likeness (QED) is 0.279. The molecule has 0 saturated carbocycles. The Balaban J connectivity index is 1.49. The summed E-state index contributed by atoms with van der Waals surface area (Å²) < 4.78 is 12.1. The van der Waals surface area contributed by atoms with Crippen LogP contribution in [0.3, 0.4) is 0 Å². The lowest BCUT2D eigenvalue weighted by molar-refractivity contribution is 0.480. The van der Waals surface area contributed by atoms with Gasteiger partial charge in [0, 0.05) is 5.41 Å². The van der Waals surface area contributed by atoms with E-state index in [0.717, 1.165) is 17.2 Å². The summed E-state index contributed by atoms with van der Waals surface area (Å²) in [5.74, 6) is 3.06. The summed E-state index contributed by atoms with van der Waals surface area (Å²) in [6.45, 7) is 13.2. The van der Waals surface area contributed by atoms with E-state index in [1.165, 1.54) is 22.3 Å². The molecule has 0 spiro atoms. The highest BCUT2D eigenvalue weighted by molar-refractivity contribution is 5.47. The molecule has 4 aromatic carbocycles. The third kappa shape index (κ3) is 5.61. The van der Waals surface area contributed by atoms with E-state index in [9.17, 15) is 0 Å². The van der Waals surface area contributed by atoms with Crippen LogP contribution in [-0.4, -0.2) is 0 Å². The van der Waals surface area contributed by atoms with Crippen molar-refractivity contribution in [2.45, 2.75) is 52.4 Å². The van der Waals surface area contributed by atoms with Crippen LogP contribution in [0.4, 0.5) is 0 Å². The van der Waals surface area contributed by atoms with Gasteiger partial charge in [0.05, 0.1) is 11.6 Å². The fourth-order valence-electron chi connectivity index (χ4n) is 4.42. The molecule has 0 unspecified atom stereocenters. The fourth-order valence-corrected chi connectivity index (χ4v) is 4.42. The second kappa shape index (κ2) is 9.91. The SMILES string of the molecule is Cc1cc(Oc2ccc(C(C)(C)C)cc2)ccc1C(C)(C)c1ccc(Oc2cccc(C#N)c2)cc1. The molecule has 0 aliphatic rings. The number of hydrogen-bond donors (Lipinski definition) is 0. The van der Waals surface area contributed by atoms with Gasteiger partial charge in [-0.1, -0.05) is 71.0 Å². The summed E-state index contributed by atoms with van der Waals surface area (Å²) >= 11 is 0. The van der Waals surface area contributed by atoms with Crippen molar-refractivity contribution in [3.63, 3.8) is 0 Å². The standard InChI is InChI=1S/C33H33NO2/c1-23-20-30(36-27-14-10-25(11-15-27)32(2,3)4)18-19-31(23)33(5,6)26-12-16-28(17-13-26)35-29-9-7-8-24(21-29)22-34/h7-21H,1-6H3. The second-order valence-corrected chi connectivity index (χ2v) is 10.7. The van der Waals surface area contributed by atoms with Crippen LogP contribution < -0.4 is 9.47 Å². The molecule has 0 aromatic heterocycles. The van der Waals surface area contributed by atoms with Gasteiger partial charge in [0.2, 0.25) is 0 Å².